The Morgan fingerprint density at radius 2 is 1.71 bits per heavy atom. The summed E-state index contributed by atoms with van der Waals surface area (Å²) in [4.78, 5) is 5.09. The minimum Gasteiger partial charge on any atom is -0.369 e. The average molecular weight is 465 g/mol. The van der Waals surface area contributed by atoms with Gasteiger partial charge in [-0.3, -0.25) is 4.90 Å². The van der Waals surface area contributed by atoms with E-state index in [1.807, 2.05) is 37.3 Å². The molecule has 2 aromatic rings. The first-order chi connectivity index (χ1) is 14.8. The van der Waals surface area contributed by atoms with Gasteiger partial charge in [0.05, 0.1) is 4.90 Å². The zero-order chi connectivity index (χ0) is 22.3. The maximum absolute atomic E-state index is 12.3. The summed E-state index contributed by atoms with van der Waals surface area (Å²) in [5, 5.41) is 0. The third-order valence-electron chi connectivity index (χ3n) is 5.37. The number of anilines is 2. The zero-order valence-corrected chi connectivity index (χ0v) is 19.8. The molecule has 3 rings (SSSR count). The number of aryl methyl sites for hydroxylation is 1. The molecule has 0 aliphatic carbocycles. The lowest BCUT2D eigenvalue weighted by Crippen LogP contribution is -2.46. The first kappa shape index (κ1) is 23.7. The minimum atomic E-state index is -3.43. The highest BCUT2D eigenvalue weighted by atomic mass is 32.2. The van der Waals surface area contributed by atoms with Crippen molar-refractivity contribution in [1.29, 1.82) is 0 Å². The number of nitrogens with zero attached hydrogens (tertiary/aromatic N) is 2. The molecule has 1 saturated heterocycles. The van der Waals surface area contributed by atoms with E-state index < -0.39 is 21.0 Å². The van der Waals surface area contributed by atoms with Crippen molar-refractivity contribution in [2.45, 2.75) is 24.7 Å². The van der Waals surface area contributed by atoms with Gasteiger partial charge in [0.25, 0.3) is 0 Å². The fourth-order valence-electron chi connectivity index (χ4n) is 3.63. The normalized spacial score (nSPS) is 16.3. The van der Waals surface area contributed by atoms with Crippen molar-refractivity contribution in [3.63, 3.8) is 0 Å². The Labute approximate surface area is 188 Å². The first-order valence-corrected chi connectivity index (χ1v) is 13.6. The van der Waals surface area contributed by atoms with Gasteiger partial charge in [-0.2, -0.15) is 0 Å². The molecule has 1 unspecified atom stereocenters. The van der Waals surface area contributed by atoms with E-state index in [-0.39, 0.29) is 0 Å². The molecule has 7 nitrogen and oxygen atoms in total. The largest absolute Gasteiger partial charge is 0.369 e. The Balaban J connectivity index is 1.36. The first-order valence-electron chi connectivity index (χ1n) is 10.6. The smallest absolute Gasteiger partial charge is 0.240 e. The molecule has 0 amide bonds. The number of piperazine rings is 1. The van der Waals surface area contributed by atoms with Crippen LogP contribution in [-0.2, 0) is 21.0 Å². The van der Waals surface area contributed by atoms with Crippen LogP contribution >= 0.6 is 0 Å². The molecule has 1 atom stereocenters. The molecule has 0 radical (unpaired) electrons. The number of unbranched alkanes of at least 4 members (excludes halogenated alkanes) is 1. The fourth-order valence-corrected chi connectivity index (χ4v) is 5.16. The Kier molecular flexibility index (Phi) is 8.48. The van der Waals surface area contributed by atoms with Crippen LogP contribution in [0.15, 0.2) is 53.4 Å². The van der Waals surface area contributed by atoms with Crippen LogP contribution in [0.1, 0.15) is 18.4 Å². The maximum Gasteiger partial charge on any atom is 0.240 e. The Hall–Kier alpha value is -1.94. The lowest BCUT2D eigenvalue weighted by Gasteiger charge is -2.36. The van der Waals surface area contributed by atoms with Crippen LogP contribution in [0.25, 0.3) is 0 Å². The van der Waals surface area contributed by atoms with E-state index in [1.54, 1.807) is 18.4 Å². The topological polar surface area (TPSA) is 81.8 Å². The Morgan fingerprint density at radius 3 is 2.39 bits per heavy atom. The molecule has 0 spiro atoms. The van der Waals surface area contributed by atoms with Gasteiger partial charge in [-0.1, -0.05) is 23.8 Å². The van der Waals surface area contributed by atoms with Crippen molar-refractivity contribution in [2.75, 3.05) is 55.1 Å². The number of hydrogen-bond acceptors (Lipinski definition) is 5. The monoisotopic (exact) mass is 464 g/mol. The summed E-state index contributed by atoms with van der Waals surface area (Å²) in [6.45, 7) is 7.20. The van der Waals surface area contributed by atoms with Gasteiger partial charge in [0.1, 0.15) is 11.0 Å². The Bertz CT molecular complexity index is 973. The lowest BCUT2D eigenvalue weighted by atomic mass is 10.2. The predicted molar refractivity (Wildman–Crippen MR) is 128 cm³/mol. The van der Waals surface area contributed by atoms with E-state index in [0.717, 1.165) is 62.5 Å². The second kappa shape index (κ2) is 11.1. The van der Waals surface area contributed by atoms with E-state index in [2.05, 4.69) is 25.3 Å². The quantitative estimate of drug-likeness (QED) is 0.528. The molecule has 0 aromatic heterocycles. The fraction of sp³-hybridized carbons (Fsp3) is 0.455. The minimum absolute atomic E-state index is 0.318. The van der Waals surface area contributed by atoms with Crippen molar-refractivity contribution in [1.82, 2.24) is 9.62 Å². The van der Waals surface area contributed by atoms with Gasteiger partial charge in [0.2, 0.25) is 10.0 Å². The van der Waals surface area contributed by atoms with Gasteiger partial charge >= 0.3 is 0 Å². The number of benzene rings is 2. The molecule has 2 N–H and O–H groups in total. The summed E-state index contributed by atoms with van der Waals surface area (Å²) in [6.07, 6.45) is 3.39. The predicted octanol–water partition coefficient (Wildman–Crippen LogP) is 2.58. The van der Waals surface area contributed by atoms with Gasteiger partial charge in [-0.25, -0.2) is 17.3 Å². The summed E-state index contributed by atoms with van der Waals surface area (Å²) in [7, 11) is -4.50. The summed E-state index contributed by atoms with van der Waals surface area (Å²) < 4.78 is 41.6. The number of nitrogens with one attached hydrogen (secondary N) is 2. The van der Waals surface area contributed by atoms with Crippen LogP contribution in [0.4, 0.5) is 11.4 Å². The lowest BCUT2D eigenvalue weighted by molar-refractivity contribution is 0.253. The standard InChI is InChI=1S/C22H32N4O3S2/c1-19-8-10-22(11-9-19)31(28,29)23-12-3-4-13-25-14-16-26(17-15-25)21-7-5-6-20(18-21)24-30(2)27/h5-11,18,23-24H,3-4,12-17H2,1-2H3. The summed E-state index contributed by atoms with van der Waals surface area (Å²) in [6, 6.07) is 14.9. The maximum atomic E-state index is 12.3. The van der Waals surface area contributed by atoms with Crippen LogP contribution < -0.4 is 14.3 Å². The zero-order valence-electron chi connectivity index (χ0n) is 18.2. The second-order valence-electron chi connectivity index (χ2n) is 7.85. The summed E-state index contributed by atoms with van der Waals surface area (Å²) >= 11 is 0. The third kappa shape index (κ3) is 7.31. The number of sulfonamides is 1. The van der Waals surface area contributed by atoms with Gasteiger partial charge in [-0.15, -0.1) is 0 Å². The van der Waals surface area contributed by atoms with E-state index in [4.69, 9.17) is 0 Å². The van der Waals surface area contributed by atoms with Gasteiger partial charge in [-0.05, 0) is 56.6 Å². The van der Waals surface area contributed by atoms with Crippen LogP contribution in [0.3, 0.4) is 0 Å². The van der Waals surface area contributed by atoms with Gasteiger partial charge < -0.3 is 9.62 Å². The SMILES string of the molecule is Cc1ccc(S(=O)(=O)NCCCCN2CCN(c3cccc(NS(C)=O)c3)CC2)cc1. The van der Waals surface area contributed by atoms with E-state index in [9.17, 15) is 12.6 Å². The van der Waals surface area contributed by atoms with Crippen LogP contribution in [-0.4, -0.2) is 63.1 Å². The molecule has 1 heterocycles. The highest BCUT2D eigenvalue weighted by Crippen LogP contribution is 2.21. The van der Waals surface area contributed by atoms with Crippen LogP contribution in [0.2, 0.25) is 0 Å². The van der Waals surface area contributed by atoms with Crippen molar-refractivity contribution >= 4 is 32.4 Å². The van der Waals surface area contributed by atoms with E-state index >= 15 is 0 Å². The van der Waals surface area contributed by atoms with Crippen LogP contribution in [0.5, 0.6) is 0 Å². The van der Waals surface area contributed by atoms with E-state index in [1.165, 1.54) is 0 Å². The summed E-state index contributed by atoms with van der Waals surface area (Å²) in [5.74, 6) is 0. The molecule has 0 saturated carbocycles. The molecule has 0 bridgehead atoms. The number of rotatable bonds is 10. The molecule has 9 heteroatoms. The third-order valence-corrected chi connectivity index (χ3v) is 7.37. The second-order valence-corrected chi connectivity index (χ2v) is 10.7. The molecule has 170 valence electrons. The van der Waals surface area contributed by atoms with Gasteiger partial charge in [0.15, 0.2) is 0 Å². The Morgan fingerprint density at radius 1 is 1.00 bits per heavy atom. The van der Waals surface area contributed by atoms with Crippen molar-refractivity contribution in [3.05, 3.63) is 54.1 Å². The molecular formula is C22H32N4O3S2. The molecule has 1 aliphatic heterocycles. The van der Waals surface area contributed by atoms with Crippen molar-refractivity contribution in [2.24, 2.45) is 0 Å². The average Bonchev–Trinajstić information content (AvgIpc) is 2.74. The molecule has 1 aliphatic rings. The molecule has 31 heavy (non-hydrogen) atoms. The highest BCUT2D eigenvalue weighted by molar-refractivity contribution is 7.89. The van der Waals surface area contributed by atoms with Crippen molar-refractivity contribution < 1.29 is 12.6 Å². The van der Waals surface area contributed by atoms with E-state index in [0.29, 0.717) is 11.4 Å². The summed E-state index contributed by atoms with van der Waals surface area (Å²) in [5.41, 5.74) is 3.05. The molecule has 1 fully saturated rings. The van der Waals surface area contributed by atoms with Gasteiger partial charge in [0, 0.05) is 50.4 Å². The van der Waals surface area contributed by atoms with Crippen molar-refractivity contribution in [3.8, 4) is 0 Å². The van der Waals surface area contributed by atoms with Crippen LogP contribution in [0, 0.1) is 6.92 Å². The molecule has 2 aromatic carbocycles. The number of hydrogen-bond donors (Lipinski definition) is 2. The molecular weight excluding hydrogens is 432 g/mol. The highest BCUT2D eigenvalue weighted by Gasteiger charge is 2.17.